The van der Waals surface area contributed by atoms with E-state index in [0.717, 1.165) is 24.4 Å². The Hall–Kier alpha value is -2.53. The van der Waals surface area contributed by atoms with Gasteiger partial charge < -0.3 is 20.4 Å². The summed E-state index contributed by atoms with van der Waals surface area (Å²) in [6.07, 6.45) is 1.09. The lowest BCUT2D eigenvalue weighted by Crippen LogP contribution is -2.29. The molecule has 2 atom stereocenters. The first-order valence-corrected chi connectivity index (χ1v) is 10.6. The van der Waals surface area contributed by atoms with Crippen LogP contribution < -0.4 is 15.4 Å². The van der Waals surface area contributed by atoms with Gasteiger partial charge in [-0.25, -0.2) is 0 Å². The zero-order valence-corrected chi connectivity index (χ0v) is 18.3. The van der Waals surface area contributed by atoms with Gasteiger partial charge in [0.25, 0.3) is 0 Å². The van der Waals surface area contributed by atoms with Crippen LogP contribution in [-0.2, 0) is 0 Å². The lowest BCUT2D eigenvalue weighted by atomic mass is 10.0. The molecule has 0 spiro atoms. The number of methoxy groups -OCH3 is 1. The number of H-pyrrole nitrogens is 1. The maximum Gasteiger partial charge on any atom is 0.170 e. The topological polar surface area (TPSA) is 49.1 Å². The number of hydrogen-bond donors (Lipinski definition) is 3. The standard InChI is InChI=1S/C24H29N3OS/c1-15-21(16-9-5-6-10-18(16)26-15)22-17(24(22,2)3)13-14-25-23(29)27-19-11-7-8-12-20(19)28-4/h5-12,17,22,26H,13-14H2,1-4H3,(H2,25,27,29)/t17-,22-/m1/s1. The van der Waals surface area contributed by atoms with E-state index in [9.17, 15) is 0 Å². The highest BCUT2D eigenvalue weighted by Gasteiger charge is 2.58. The molecule has 1 fully saturated rings. The van der Waals surface area contributed by atoms with Crippen LogP contribution in [0.1, 0.15) is 37.4 Å². The zero-order chi connectivity index (χ0) is 20.6. The van der Waals surface area contributed by atoms with Crippen LogP contribution in [0.25, 0.3) is 10.9 Å². The predicted molar refractivity (Wildman–Crippen MR) is 125 cm³/mol. The van der Waals surface area contributed by atoms with E-state index in [4.69, 9.17) is 17.0 Å². The summed E-state index contributed by atoms with van der Waals surface area (Å²) in [4.78, 5) is 3.56. The van der Waals surface area contributed by atoms with Crippen LogP contribution in [0.5, 0.6) is 5.75 Å². The second kappa shape index (κ2) is 7.71. The van der Waals surface area contributed by atoms with Gasteiger partial charge in [-0.05, 0) is 66.6 Å². The van der Waals surface area contributed by atoms with Gasteiger partial charge >= 0.3 is 0 Å². The van der Waals surface area contributed by atoms with Gasteiger partial charge in [0.15, 0.2) is 5.11 Å². The van der Waals surface area contributed by atoms with Crippen molar-refractivity contribution < 1.29 is 4.74 Å². The molecule has 3 aromatic rings. The number of hydrogen-bond acceptors (Lipinski definition) is 2. The highest BCUT2D eigenvalue weighted by atomic mass is 32.1. The molecule has 2 aromatic carbocycles. The van der Waals surface area contributed by atoms with Crippen LogP contribution in [-0.4, -0.2) is 23.8 Å². The fourth-order valence-electron chi connectivity index (χ4n) is 4.81. The zero-order valence-electron chi connectivity index (χ0n) is 17.5. The Balaban J connectivity index is 1.38. The number of benzene rings is 2. The second-order valence-electron chi connectivity index (χ2n) is 8.48. The van der Waals surface area contributed by atoms with E-state index in [2.05, 4.69) is 60.7 Å². The minimum Gasteiger partial charge on any atom is -0.495 e. The number of fused-ring (bicyclic) bond motifs is 1. The fraction of sp³-hybridized carbons (Fsp3) is 0.375. The van der Waals surface area contributed by atoms with Crippen LogP contribution in [0, 0.1) is 18.3 Å². The molecule has 0 amide bonds. The maximum atomic E-state index is 5.48. The van der Waals surface area contributed by atoms with Gasteiger partial charge in [0.2, 0.25) is 0 Å². The number of thiocarbonyl (C=S) groups is 1. The predicted octanol–water partition coefficient (Wildman–Crippen LogP) is 5.60. The molecule has 0 saturated heterocycles. The van der Waals surface area contributed by atoms with E-state index in [0.29, 0.717) is 22.4 Å². The highest BCUT2D eigenvalue weighted by Crippen LogP contribution is 2.67. The summed E-state index contributed by atoms with van der Waals surface area (Å²) >= 11 is 5.48. The molecule has 1 aromatic heterocycles. The van der Waals surface area contributed by atoms with Crippen molar-refractivity contribution in [3.63, 3.8) is 0 Å². The van der Waals surface area contributed by atoms with Crippen molar-refractivity contribution in [3.05, 3.63) is 59.8 Å². The van der Waals surface area contributed by atoms with E-state index in [1.807, 2.05) is 24.3 Å². The molecule has 4 rings (SSSR count). The van der Waals surface area contributed by atoms with Crippen LogP contribution in [0.3, 0.4) is 0 Å². The summed E-state index contributed by atoms with van der Waals surface area (Å²) in [6, 6.07) is 16.4. The lowest BCUT2D eigenvalue weighted by Gasteiger charge is -2.13. The Bertz CT molecular complexity index is 1040. The molecular weight excluding hydrogens is 378 g/mol. The monoisotopic (exact) mass is 407 g/mol. The van der Waals surface area contributed by atoms with Crippen LogP contribution in [0.2, 0.25) is 0 Å². The first-order valence-electron chi connectivity index (χ1n) is 10.2. The maximum absolute atomic E-state index is 5.48. The smallest absolute Gasteiger partial charge is 0.170 e. The van der Waals surface area contributed by atoms with Gasteiger partial charge in [0.05, 0.1) is 12.8 Å². The third-order valence-corrected chi connectivity index (χ3v) is 6.65. The number of rotatable bonds is 6. The van der Waals surface area contributed by atoms with Gasteiger partial charge in [-0.1, -0.05) is 44.2 Å². The first kappa shape index (κ1) is 19.8. The largest absolute Gasteiger partial charge is 0.495 e. The molecular formula is C24H29N3OS. The number of aromatic nitrogens is 1. The third-order valence-electron chi connectivity index (χ3n) is 6.40. The molecule has 0 radical (unpaired) electrons. The Morgan fingerprint density at radius 3 is 2.66 bits per heavy atom. The van der Waals surface area contributed by atoms with Crippen molar-refractivity contribution >= 4 is 33.9 Å². The third kappa shape index (κ3) is 3.71. The number of aromatic amines is 1. The molecule has 1 aliphatic carbocycles. The van der Waals surface area contributed by atoms with E-state index in [-0.39, 0.29) is 0 Å². The van der Waals surface area contributed by atoms with E-state index < -0.39 is 0 Å². The summed E-state index contributed by atoms with van der Waals surface area (Å²) in [5.74, 6) is 2.01. The van der Waals surface area contributed by atoms with Gasteiger partial charge in [-0.15, -0.1) is 0 Å². The number of para-hydroxylation sites is 3. The van der Waals surface area contributed by atoms with Crippen molar-refractivity contribution in [1.82, 2.24) is 10.3 Å². The van der Waals surface area contributed by atoms with Gasteiger partial charge in [0.1, 0.15) is 5.75 Å². The van der Waals surface area contributed by atoms with Gasteiger partial charge in [-0.3, -0.25) is 0 Å². The van der Waals surface area contributed by atoms with Crippen molar-refractivity contribution in [2.24, 2.45) is 11.3 Å². The Labute approximate surface area is 178 Å². The Kier molecular flexibility index (Phi) is 5.26. The molecule has 29 heavy (non-hydrogen) atoms. The molecule has 1 aliphatic rings. The summed E-state index contributed by atoms with van der Waals surface area (Å²) in [7, 11) is 1.67. The van der Waals surface area contributed by atoms with E-state index in [1.54, 1.807) is 7.11 Å². The number of nitrogens with one attached hydrogen (secondary N) is 3. The fourth-order valence-corrected chi connectivity index (χ4v) is 5.02. The number of aryl methyl sites for hydroxylation is 1. The number of anilines is 1. The summed E-state index contributed by atoms with van der Waals surface area (Å²) < 4.78 is 5.38. The minimum absolute atomic E-state index is 0.301. The Morgan fingerprint density at radius 1 is 1.14 bits per heavy atom. The quantitative estimate of drug-likeness (QED) is 0.466. The Morgan fingerprint density at radius 2 is 1.86 bits per heavy atom. The second-order valence-corrected chi connectivity index (χ2v) is 8.89. The molecule has 152 valence electrons. The summed E-state index contributed by atoms with van der Waals surface area (Å²) in [5, 5.41) is 8.60. The molecule has 4 nitrogen and oxygen atoms in total. The highest BCUT2D eigenvalue weighted by molar-refractivity contribution is 7.80. The van der Waals surface area contributed by atoms with Crippen molar-refractivity contribution in [3.8, 4) is 5.75 Å². The van der Waals surface area contributed by atoms with Crippen LogP contribution in [0.15, 0.2) is 48.5 Å². The van der Waals surface area contributed by atoms with Crippen LogP contribution >= 0.6 is 12.2 Å². The molecule has 0 unspecified atom stereocenters. The van der Waals surface area contributed by atoms with Gasteiger partial charge in [-0.2, -0.15) is 0 Å². The molecule has 0 aliphatic heterocycles. The minimum atomic E-state index is 0.301. The van der Waals surface area contributed by atoms with E-state index in [1.165, 1.54) is 22.2 Å². The summed E-state index contributed by atoms with van der Waals surface area (Å²) in [6.45, 7) is 7.82. The normalized spacial score (nSPS) is 19.7. The van der Waals surface area contributed by atoms with E-state index >= 15 is 0 Å². The lowest BCUT2D eigenvalue weighted by molar-refractivity contribution is 0.417. The van der Waals surface area contributed by atoms with Crippen LogP contribution in [0.4, 0.5) is 5.69 Å². The molecule has 1 heterocycles. The number of ether oxygens (including phenoxy) is 1. The van der Waals surface area contributed by atoms with Crippen molar-refractivity contribution in [2.75, 3.05) is 19.0 Å². The molecule has 3 N–H and O–H groups in total. The molecule has 0 bridgehead atoms. The van der Waals surface area contributed by atoms with Gasteiger partial charge in [0, 0.05) is 23.1 Å². The SMILES string of the molecule is COc1ccccc1NC(=S)NCC[C@@H]1[C@H](c2c(C)[nH]c3ccccc23)C1(C)C. The molecule has 1 saturated carbocycles. The summed E-state index contributed by atoms with van der Waals surface area (Å²) in [5.41, 5.74) is 5.21. The van der Waals surface area contributed by atoms with Crippen molar-refractivity contribution in [1.29, 1.82) is 0 Å². The van der Waals surface area contributed by atoms with Crippen molar-refractivity contribution in [2.45, 2.75) is 33.1 Å². The average molecular weight is 408 g/mol. The average Bonchev–Trinajstić information content (AvgIpc) is 3.06. The molecule has 5 heteroatoms. The first-order chi connectivity index (χ1) is 13.9.